The van der Waals surface area contributed by atoms with Crippen LogP contribution in [0.5, 0.6) is 0 Å². The Kier molecular flexibility index (Phi) is 8.80. The van der Waals surface area contributed by atoms with Gasteiger partial charge in [-0.1, -0.05) is 6.07 Å². The minimum Gasteiger partial charge on any atom is -0.368 e. The van der Waals surface area contributed by atoms with E-state index >= 15 is 0 Å². The molecule has 0 radical (unpaired) electrons. The van der Waals surface area contributed by atoms with Gasteiger partial charge in [-0.2, -0.15) is 23.4 Å². The van der Waals surface area contributed by atoms with E-state index in [4.69, 9.17) is 5.73 Å². The van der Waals surface area contributed by atoms with Crippen LogP contribution in [0.1, 0.15) is 54.3 Å². The smallest absolute Gasteiger partial charge is 0.368 e. The maximum absolute atomic E-state index is 13.0. The van der Waals surface area contributed by atoms with Gasteiger partial charge in [-0.05, 0) is 68.9 Å². The molecule has 0 unspecified atom stereocenters. The highest BCUT2D eigenvalue weighted by Crippen LogP contribution is 2.35. The molecule has 3 aromatic heterocycles. The average Bonchev–Trinajstić information content (AvgIpc) is 3.72. The summed E-state index contributed by atoms with van der Waals surface area (Å²) in [6.07, 6.45) is -0.828. The van der Waals surface area contributed by atoms with E-state index in [9.17, 15) is 18.4 Å². The van der Waals surface area contributed by atoms with E-state index in [0.29, 0.717) is 27.8 Å². The highest BCUT2D eigenvalue weighted by molar-refractivity contribution is 7.18. The Morgan fingerprint density at radius 2 is 1.79 bits per heavy atom. The van der Waals surface area contributed by atoms with Crippen LogP contribution in [0.15, 0.2) is 24.3 Å². The summed E-state index contributed by atoms with van der Waals surface area (Å²) in [6, 6.07) is 11.7. The van der Waals surface area contributed by atoms with E-state index < -0.39 is 12.6 Å². The van der Waals surface area contributed by atoms with Crippen molar-refractivity contribution in [1.82, 2.24) is 29.2 Å². The molecule has 47 heavy (non-hydrogen) atoms. The maximum Gasteiger partial charge on any atom is 0.393 e. The van der Waals surface area contributed by atoms with Crippen molar-refractivity contribution in [1.29, 1.82) is 5.26 Å². The number of nitrogens with zero attached hydrogens (tertiary/aromatic N) is 7. The monoisotopic (exact) mass is 665 g/mol. The summed E-state index contributed by atoms with van der Waals surface area (Å²) in [4.78, 5) is 16.8. The molecule has 1 atom stereocenters. The fourth-order valence-corrected chi connectivity index (χ4v) is 8.46. The Hall–Kier alpha value is -3.44. The van der Waals surface area contributed by atoms with Gasteiger partial charge >= 0.3 is 6.18 Å². The van der Waals surface area contributed by atoms with Crippen molar-refractivity contribution in [3.8, 4) is 6.07 Å². The highest BCUT2D eigenvalue weighted by Gasteiger charge is 2.33. The van der Waals surface area contributed by atoms with Crippen molar-refractivity contribution in [3.63, 3.8) is 0 Å². The molecule has 3 N–H and O–H groups in total. The first-order valence-electron chi connectivity index (χ1n) is 16.7. The van der Waals surface area contributed by atoms with Gasteiger partial charge in [0.05, 0.1) is 11.8 Å². The van der Waals surface area contributed by atoms with Gasteiger partial charge in [-0.25, -0.2) is 4.98 Å². The van der Waals surface area contributed by atoms with Crippen molar-refractivity contribution in [2.45, 2.75) is 83.3 Å². The maximum atomic E-state index is 13.0. The molecular weight excluding hydrogens is 623 g/mol. The molecule has 0 amide bonds. The molecule has 250 valence electrons. The Bertz CT molecular complexity index is 1790. The van der Waals surface area contributed by atoms with Gasteiger partial charge in [0.2, 0.25) is 5.95 Å². The Morgan fingerprint density at radius 1 is 1.04 bits per heavy atom. The number of aryl methyl sites for hydroxylation is 1. The summed E-state index contributed by atoms with van der Waals surface area (Å²) < 4.78 is 41.2. The lowest BCUT2D eigenvalue weighted by molar-refractivity contribution is -0.126. The van der Waals surface area contributed by atoms with Crippen LogP contribution in [0.2, 0.25) is 0 Å². The molecule has 1 saturated carbocycles. The van der Waals surface area contributed by atoms with E-state index in [1.165, 1.54) is 30.0 Å². The van der Waals surface area contributed by atoms with Crippen LogP contribution in [0.25, 0.3) is 21.1 Å². The van der Waals surface area contributed by atoms with E-state index in [2.05, 4.69) is 72.7 Å². The molecular formula is C34H42F3N9S. The molecule has 0 spiro atoms. The van der Waals surface area contributed by atoms with Crippen molar-refractivity contribution in [3.05, 3.63) is 46.0 Å². The molecule has 2 saturated heterocycles. The molecule has 2 aliphatic heterocycles. The van der Waals surface area contributed by atoms with Crippen LogP contribution in [-0.2, 0) is 19.5 Å². The van der Waals surface area contributed by atoms with Gasteiger partial charge < -0.3 is 15.6 Å². The van der Waals surface area contributed by atoms with Gasteiger partial charge in [0.1, 0.15) is 22.4 Å². The molecule has 3 fully saturated rings. The first-order chi connectivity index (χ1) is 22.5. The second-order valence-electron chi connectivity index (χ2n) is 13.5. The number of benzene rings is 1. The van der Waals surface area contributed by atoms with Crippen molar-refractivity contribution in [2.24, 2.45) is 0 Å². The zero-order chi connectivity index (χ0) is 32.9. The molecule has 4 aromatic rings. The molecule has 7 rings (SSSR count). The number of piperidine rings is 1. The molecule has 1 aliphatic carbocycles. The summed E-state index contributed by atoms with van der Waals surface area (Å²) >= 11 is 1.01. The third kappa shape index (κ3) is 7.06. The number of alkyl halides is 3. The summed E-state index contributed by atoms with van der Waals surface area (Å²) in [5.74, 6) is 0.558. The van der Waals surface area contributed by atoms with E-state index in [0.717, 1.165) is 93.5 Å². The number of piperazine rings is 1. The van der Waals surface area contributed by atoms with Gasteiger partial charge in [0.25, 0.3) is 0 Å². The number of anilines is 2. The van der Waals surface area contributed by atoms with Crippen molar-refractivity contribution >= 4 is 44.2 Å². The third-order valence-corrected chi connectivity index (χ3v) is 11.3. The minimum absolute atomic E-state index is 0.0539. The predicted molar refractivity (Wildman–Crippen MR) is 181 cm³/mol. The van der Waals surface area contributed by atoms with Gasteiger partial charge in [0.15, 0.2) is 0 Å². The summed E-state index contributed by atoms with van der Waals surface area (Å²) in [5, 5.41) is 15.2. The number of nitriles is 1. The summed E-state index contributed by atoms with van der Waals surface area (Å²) in [6.45, 7) is 12.3. The molecule has 3 aliphatic rings. The predicted octanol–water partition coefficient (Wildman–Crippen LogP) is 5.76. The zero-order valence-corrected chi connectivity index (χ0v) is 27.8. The fourth-order valence-electron chi connectivity index (χ4n) is 7.40. The molecule has 0 bridgehead atoms. The quantitative estimate of drug-likeness (QED) is 0.233. The van der Waals surface area contributed by atoms with E-state index in [1.54, 1.807) is 0 Å². The summed E-state index contributed by atoms with van der Waals surface area (Å²) in [7, 11) is 0. The van der Waals surface area contributed by atoms with Crippen LogP contribution >= 0.6 is 11.3 Å². The number of aromatic nitrogens is 3. The van der Waals surface area contributed by atoms with E-state index in [-0.39, 0.29) is 16.9 Å². The van der Waals surface area contributed by atoms with Gasteiger partial charge in [0, 0.05) is 86.3 Å². The second-order valence-corrected chi connectivity index (χ2v) is 14.7. The topological polar surface area (TPSA) is 102 Å². The lowest BCUT2D eigenvalue weighted by atomic mass is 10.0. The van der Waals surface area contributed by atoms with Crippen LogP contribution in [0.3, 0.4) is 0 Å². The Balaban J connectivity index is 0.986. The van der Waals surface area contributed by atoms with Crippen molar-refractivity contribution < 1.29 is 13.2 Å². The number of nitrogens with one attached hydrogen (secondary N) is 1. The number of fused-ring (bicyclic) bond motifs is 2. The van der Waals surface area contributed by atoms with Crippen LogP contribution in [0, 0.1) is 18.3 Å². The standard InChI is InChI=1S/C34H42F3N9S/c1-21(44-11-13-45(14-12-44)25-4-5-25)19-46-26(18-38)15-28-22(2)23(3-6-30(28)46)20-43-9-7-24(8-10-43)40-31-29-16-27(17-34(35,36)37)47-32(29)42-33(39)41-31/h3,6,15-16,21,24-25H,4-5,7-14,17,19-20H2,1-2H3,(H3,39,40,41,42)/t21-/m0/s1. The van der Waals surface area contributed by atoms with Crippen molar-refractivity contribution in [2.75, 3.05) is 50.3 Å². The SMILES string of the molecule is Cc1c(CN2CCC(Nc3nc(N)nc4sc(CC(F)(F)F)cc34)CC2)ccc2c1cc(C#N)n2C[C@H](C)N1CCN(C2CC2)CC1. The Labute approximate surface area is 277 Å². The Morgan fingerprint density at radius 3 is 2.47 bits per heavy atom. The first kappa shape index (κ1) is 32.1. The number of likely N-dealkylation sites (tertiary alicyclic amines) is 1. The number of hydrogen-bond acceptors (Lipinski definition) is 9. The first-order valence-corrected chi connectivity index (χ1v) is 17.5. The number of nitrogen functional groups attached to an aromatic ring is 1. The number of nitrogens with two attached hydrogens (primary N) is 1. The normalized spacial score (nSPS) is 19.8. The van der Waals surface area contributed by atoms with E-state index in [1.807, 2.05) is 0 Å². The lowest BCUT2D eigenvalue weighted by Gasteiger charge is -2.38. The van der Waals surface area contributed by atoms with Gasteiger partial charge in [-0.3, -0.25) is 14.7 Å². The van der Waals surface area contributed by atoms with Crippen LogP contribution < -0.4 is 11.1 Å². The van der Waals surface area contributed by atoms with Crippen LogP contribution in [0.4, 0.5) is 24.9 Å². The zero-order valence-electron chi connectivity index (χ0n) is 27.0. The molecule has 13 heteroatoms. The second kappa shape index (κ2) is 12.9. The minimum atomic E-state index is -4.28. The largest absolute Gasteiger partial charge is 0.393 e. The summed E-state index contributed by atoms with van der Waals surface area (Å²) in [5.41, 5.74) is 10.2. The number of halogens is 3. The van der Waals surface area contributed by atoms with Crippen LogP contribution in [-0.4, -0.2) is 92.8 Å². The number of hydrogen-bond donors (Lipinski definition) is 2. The number of thiophene rings is 1. The third-order valence-electron chi connectivity index (χ3n) is 10.2. The molecule has 9 nitrogen and oxygen atoms in total. The highest BCUT2D eigenvalue weighted by atomic mass is 32.1. The fraction of sp³-hybridized carbons (Fsp3) is 0.559. The molecule has 1 aromatic carbocycles. The average molecular weight is 666 g/mol. The number of rotatable bonds is 9. The molecule has 5 heterocycles. The van der Waals surface area contributed by atoms with Gasteiger partial charge in [-0.15, -0.1) is 11.3 Å². The lowest BCUT2D eigenvalue weighted by Crippen LogP contribution is -2.51.